The molecule has 0 bridgehead atoms. The number of aromatic nitrogens is 1. The van der Waals surface area contributed by atoms with Gasteiger partial charge in [0.2, 0.25) is 0 Å². The van der Waals surface area contributed by atoms with Crippen molar-refractivity contribution in [1.82, 2.24) is 4.98 Å². The number of anilines is 1. The fourth-order valence-electron chi connectivity index (χ4n) is 3.80. The monoisotopic (exact) mass is 432 g/mol. The van der Waals surface area contributed by atoms with Gasteiger partial charge in [-0.2, -0.15) is 0 Å². The second-order valence-electron chi connectivity index (χ2n) is 7.66. The van der Waals surface area contributed by atoms with Crippen molar-refractivity contribution in [3.63, 3.8) is 0 Å². The standard InChI is InChI=1S/C25H21FN2O4/c1-13-11-16(15(3)28-19-9-6-7-18(26)21(19)25(30)31)24-17(12-13)22(29)14(2)23(32-24)20-8-4-5-10-27-20/h4-12,15,28H,1-3H3,(H,30,31). The summed E-state index contributed by atoms with van der Waals surface area (Å²) in [6.45, 7) is 5.36. The summed E-state index contributed by atoms with van der Waals surface area (Å²) in [6.07, 6.45) is 1.62. The van der Waals surface area contributed by atoms with Gasteiger partial charge >= 0.3 is 5.97 Å². The van der Waals surface area contributed by atoms with Gasteiger partial charge in [-0.3, -0.25) is 9.78 Å². The van der Waals surface area contributed by atoms with Crippen LogP contribution in [0.15, 0.2) is 63.9 Å². The van der Waals surface area contributed by atoms with Crippen molar-refractivity contribution in [2.24, 2.45) is 0 Å². The van der Waals surface area contributed by atoms with Crippen LogP contribution in [0, 0.1) is 19.7 Å². The number of carbonyl (C=O) groups is 1. The van der Waals surface area contributed by atoms with Crippen LogP contribution >= 0.6 is 0 Å². The molecule has 0 amide bonds. The summed E-state index contributed by atoms with van der Waals surface area (Å²) in [7, 11) is 0. The predicted octanol–water partition coefficient (Wildman–Crippen LogP) is 5.48. The Morgan fingerprint density at radius 2 is 1.94 bits per heavy atom. The Kier molecular flexibility index (Phi) is 5.48. The smallest absolute Gasteiger partial charge is 0.340 e. The zero-order valence-corrected chi connectivity index (χ0v) is 17.8. The molecular formula is C25H21FN2O4. The van der Waals surface area contributed by atoms with E-state index in [2.05, 4.69) is 10.3 Å². The van der Waals surface area contributed by atoms with Crippen LogP contribution in [-0.4, -0.2) is 16.1 Å². The summed E-state index contributed by atoms with van der Waals surface area (Å²) in [5, 5.41) is 12.9. The average Bonchev–Trinajstić information content (AvgIpc) is 2.76. The van der Waals surface area contributed by atoms with Crippen LogP contribution in [0.4, 0.5) is 10.1 Å². The molecule has 0 saturated carbocycles. The fraction of sp³-hybridized carbons (Fsp3) is 0.160. The van der Waals surface area contributed by atoms with E-state index in [9.17, 15) is 19.1 Å². The Balaban J connectivity index is 1.90. The number of aryl methyl sites for hydroxylation is 1. The van der Waals surface area contributed by atoms with Crippen molar-refractivity contribution in [1.29, 1.82) is 0 Å². The van der Waals surface area contributed by atoms with E-state index in [0.717, 1.165) is 11.6 Å². The summed E-state index contributed by atoms with van der Waals surface area (Å²) >= 11 is 0. The van der Waals surface area contributed by atoms with Gasteiger partial charge in [0.15, 0.2) is 11.2 Å². The SMILES string of the molecule is Cc1cc(C(C)Nc2cccc(F)c2C(=O)O)c2oc(-c3ccccn3)c(C)c(=O)c2c1. The number of carboxylic acid groups (broad SMARTS) is 1. The minimum absolute atomic E-state index is 0.138. The van der Waals surface area contributed by atoms with Gasteiger partial charge in [0.05, 0.1) is 17.1 Å². The first-order chi connectivity index (χ1) is 15.3. The molecule has 1 unspecified atom stereocenters. The van der Waals surface area contributed by atoms with Crippen molar-refractivity contribution in [2.45, 2.75) is 26.8 Å². The largest absolute Gasteiger partial charge is 0.478 e. The molecule has 0 saturated heterocycles. The van der Waals surface area contributed by atoms with E-state index in [1.165, 1.54) is 12.1 Å². The third-order valence-electron chi connectivity index (χ3n) is 5.36. The second kappa shape index (κ2) is 8.26. The molecule has 162 valence electrons. The average molecular weight is 432 g/mol. The lowest BCUT2D eigenvalue weighted by Crippen LogP contribution is -2.14. The third-order valence-corrected chi connectivity index (χ3v) is 5.36. The van der Waals surface area contributed by atoms with Crippen LogP contribution in [-0.2, 0) is 0 Å². The van der Waals surface area contributed by atoms with Gasteiger partial charge in [-0.05, 0) is 56.7 Å². The van der Waals surface area contributed by atoms with E-state index in [1.54, 1.807) is 38.2 Å². The van der Waals surface area contributed by atoms with Crippen molar-refractivity contribution >= 4 is 22.6 Å². The van der Waals surface area contributed by atoms with Crippen molar-refractivity contribution in [2.75, 3.05) is 5.32 Å². The molecule has 1 atom stereocenters. The van der Waals surface area contributed by atoms with Gasteiger partial charge in [0.1, 0.15) is 22.7 Å². The molecule has 2 aromatic heterocycles. The van der Waals surface area contributed by atoms with Gasteiger partial charge in [-0.25, -0.2) is 9.18 Å². The number of nitrogens with zero attached hydrogens (tertiary/aromatic N) is 1. The van der Waals surface area contributed by atoms with E-state index in [0.29, 0.717) is 33.6 Å². The highest BCUT2D eigenvalue weighted by molar-refractivity contribution is 5.94. The number of hydrogen-bond donors (Lipinski definition) is 2. The van der Waals surface area contributed by atoms with Crippen LogP contribution in [0.25, 0.3) is 22.4 Å². The van der Waals surface area contributed by atoms with Crippen LogP contribution in [0.2, 0.25) is 0 Å². The Bertz CT molecular complexity index is 1400. The number of rotatable bonds is 5. The van der Waals surface area contributed by atoms with Crippen molar-refractivity contribution in [3.8, 4) is 11.5 Å². The maximum atomic E-state index is 14.1. The van der Waals surface area contributed by atoms with E-state index in [1.807, 2.05) is 19.1 Å². The van der Waals surface area contributed by atoms with Crippen molar-refractivity contribution < 1.29 is 18.7 Å². The summed E-state index contributed by atoms with van der Waals surface area (Å²) in [5.74, 6) is -1.83. The lowest BCUT2D eigenvalue weighted by atomic mass is 9.99. The molecule has 0 spiro atoms. The zero-order valence-electron chi connectivity index (χ0n) is 17.8. The molecule has 0 aliphatic carbocycles. The molecular weight excluding hydrogens is 411 g/mol. The number of fused-ring (bicyclic) bond motifs is 1. The second-order valence-corrected chi connectivity index (χ2v) is 7.66. The summed E-state index contributed by atoms with van der Waals surface area (Å²) in [6, 6.07) is 12.5. The third kappa shape index (κ3) is 3.73. The van der Waals surface area contributed by atoms with Gasteiger partial charge < -0.3 is 14.8 Å². The van der Waals surface area contributed by atoms with Crippen LogP contribution in [0.5, 0.6) is 0 Å². The Morgan fingerprint density at radius 1 is 1.16 bits per heavy atom. The lowest BCUT2D eigenvalue weighted by Gasteiger charge is -2.20. The first-order valence-corrected chi connectivity index (χ1v) is 10.1. The molecule has 4 aromatic rings. The molecule has 2 aromatic carbocycles. The van der Waals surface area contributed by atoms with Gasteiger partial charge in [-0.1, -0.05) is 18.2 Å². The Hall–Kier alpha value is -4.00. The normalized spacial score (nSPS) is 12.0. The van der Waals surface area contributed by atoms with Gasteiger partial charge in [0, 0.05) is 17.3 Å². The molecule has 7 heteroatoms. The number of benzene rings is 2. The summed E-state index contributed by atoms with van der Waals surface area (Å²) in [4.78, 5) is 29.0. The number of pyridine rings is 1. The molecule has 2 N–H and O–H groups in total. The van der Waals surface area contributed by atoms with Crippen LogP contribution < -0.4 is 10.7 Å². The summed E-state index contributed by atoms with van der Waals surface area (Å²) in [5.41, 5.74) is 2.38. The minimum atomic E-state index is -1.37. The molecule has 0 aliphatic rings. The highest BCUT2D eigenvalue weighted by Gasteiger charge is 2.22. The first-order valence-electron chi connectivity index (χ1n) is 10.1. The lowest BCUT2D eigenvalue weighted by molar-refractivity contribution is 0.0693. The highest BCUT2D eigenvalue weighted by atomic mass is 19.1. The first kappa shape index (κ1) is 21.2. The Labute approximate surface area is 183 Å². The number of carboxylic acids is 1. The number of nitrogens with one attached hydrogen (secondary N) is 1. The van der Waals surface area contributed by atoms with Gasteiger partial charge in [-0.15, -0.1) is 0 Å². The predicted molar refractivity (Wildman–Crippen MR) is 121 cm³/mol. The molecule has 2 heterocycles. The number of hydrogen-bond acceptors (Lipinski definition) is 5. The highest BCUT2D eigenvalue weighted by Crippen LogP contribution is 2.32. The number of halogens is 1. The molecule has 0 aliphatic heterocycles. The van der Waals surface area contributed by atoms with E-state index >= 15 is 0 Å². The Morgan fingerprint density at radius 3 is 2.62 bits per heavy atom. The van der Waals surface area contributed by atoms with Gasteiger partial charge in [0.25, 0.3) is 0 Å². The van der Waals surface area contributed by atoms with E-state index < -0.39 is 23.4 Å². The molecule has 0 radical (unpaired) electrons. The van der Waals surface area contributed by atoms with E-state index in [4.69, 9.17) is 4.42 Å². The minimum Gasteiger partial charge on any atom is -0.478 e. The zero-order chi connectivity index (χ0) is 23.0. The van der Waals surface area contributed by atoms with Crippen LogP contribution in [0.3, 0.4) is 0 Å². The van der Waals surface area contributed by atoms with Crippen LogP contribution in [0.1, 0.15) is 40.0 Å². The maximum Gasteiger partial charge on any atom is 0.340 e. The molecule has 0 fully saturated rings. The van der Waals surface area contributed by atoms with Crippen molar-refractivity contribution in [3.05, 3.63) is 93.0 Å². The molecule has 4 rings (SSSR count). The number of aromatic carboxylic acids is 1. The topological polar surface area (TPSA) is 92.4 Å². The quantitative estimate of drug-likeness (QED) is 0.434. The molecule has 6 nitrogen and oxygen atoms in total. The maximum absolute atomic E-state index is 14.1. The molecule has 32 heavy (non-hydrogen) atoms. The summed E-state index contributed by atoms with van der Waals surface area (Å²) < 4.78 is 20.3. The van der Waals surface area contributed by atoms with E-state index in [-0.39, 0.29) is 11.1 Å². The fourth-order valence-corrected chi connectivity index (χ4v) is 3.80.